The molecule has 5 rings (SSSR count). The number of aromatic nitrogens is 3. The highest BCUT2D eigenvalue weighted by Gasteiger charge is 2.41. The van der Waals surface area contributed by atoms with E-state index in [0.29, 0.717) is 35.4 Å². The molecule has 1 saturated heterocycles. The predicted octanol–water partition coefficient (Wildman–Crippen LogP) is 1.99. The van der Waals surface area contributed by atoms with Crippen LogP contribution in [0.4, 0.5) is 24.8 Å². The van der Waals surface area contributed by atoms with E-state index in [-0.39, 0.29) is 22.9 Å². The number of methoxy groups -OCH3 is 1. The van der Waals surface area contributed by atoms with Crippen LogP contribution in [-0.4, -0.2) is 72.1 Å². The van der Waals surface area contributed by atoms with Gasteiger partial charge >= 0.3 is 17.8 Å². The first kappa shape index (κ1) is 32.0. The summed E-state index contributed by atoms with van der Waals surface area (Å²) >= 11 is 0. The molecule has 12 nitrogen and oxygen atoms in total. The molecule has 15 heteroatoms. The van der Waals surface area contributed by atoms with Gasteiger partial charge in [-0.25, -0.2) is 19.3 Å². The number of morpholine rings is 1. The van der Waals surface area contributed by atoms with Crippen molar-refractivity contribution in [2.24, 2.45) is 0 Å². The Balaban J connectivity index is 0.00000141. The quantitative estimate of drug-likeness (QED) is 0.258. The number of carbonyl (C=O) groups is 2. The molecule has 3 aromatic rings. The van der Waals surface area contributed by atoms with Crippen LogP contribution in [-0.2, 0) is 31.8 Å². The number of anilines is 2. The Hall–Kier alpha value is -4.94. The smallest absolute Gasteiger partial charge is 0.416 e. The van der Waals surface area contributed by atoms with E-state index in [0.717, 1.165) is 30.8 Å². The highest BCUT2D eigenvalue weighted by atomic mass is 19.4. The second kappa shape index (κ2) is 12.7. The molecule has 0 spiro atoms. The lowest BCUT2D eigenvalue weighted by Crippen LogP contribution is -2.51. The molecule has 0 saturated carbocycles. The number of hydrogen-bond acceptors (Lipinski definition) is 9. The van der Waals surface area contributed by atoms with E-state index >= 15 is 0 Å². The Morgan fingerprint density at radius 1 is 1.27 bits per heavy atom. The Kier molecular flexibility index (Phi) is 9.26. The summed E-state index contributed by atoms with van der Waals surface area (Å²) in [6, 6.07) is 10.7. The van der Waals surface area contributed by atoms with Crippen molar-refractivity contribution in [2.75, 3.05) is 45.4 Å². The van der Waals surface area contributed by atoms with Gasteiger partial charge in [0.1, 0.15) is 25.7 Å². The largest absolute Gasteiger partial charge is 0.554 e. The van der Waals surface area contributed by atoms with Crippen molar-refractivity contribution >= 4 is 24.1 Å². The number of ether oxygens (including phenoxy) is 2. The number of esters is 1. The molecular weight excluding hydrogens is 585 g/mol. The molecule has 44 heavy (non-hydrogen) atoms. The summed E-state index contributed by atoms with van der Waals surface area (Å²) in [5, 5.41) is 24.4. The lowest BCUT2D eigenvalue weighted by molar-refractivity contribution is -0.929. The van der Waals surface area contributed by atoms with E-state index in [9.17, 15) is 28.0 Å². The van der Waals surface area contributed by atoms with Gasteiger partial charge in [0.2, 0.25) is 5.95 Å². The van der Waals surface area contributed by atoms with Crippen molar-refractivity contribution in [3.63, 3.8) is 0 Å². The number of nitrogens with zero attached hydrogens (tertiary/aromatic N) is 5. The molecule has 1 aromatic heterocycles. The van der Waals surface area contributed by atoms with Crippen LogP contribution >= 0.6 is 0 Å². The molecule has 0 aliphatic carbocycles. The number of fused-ring (bicyclic) bond motifs is 1. The Morgan fingerprint density at radius 2 is 1.95 bits per heavy atom. The minimum Gasteiger partial charge on any atom is -0.554 e. The average Bonchev–Trinajstić information content (AvgIpc) is 3.37. The van der Waals surface area contributed by atoms with Gasteiger partial charge in [0.25, 0.3) is 0 Å². The number of rotatable bonds is 5. The predicted molar refractivity (Wildman–Crippen MR) is 147 cm³/mol. The lowest BCUT2D eigenvalue weighted by atomic mass is 9.89. The topological polar surface area (TPSA) is 153 Å². The number of halogens is 3. The molecule has 2 aliphatic rings. The van der Waals surface area contributed by atoms with E-state index < -0.39 is 35.9 Å². The molecule has 0 unspecified atom stereocenters. The molecule has 2 aliphatic heterocycles. The summed E-state index contributed by atoms with van der Waals surface area (Å²) in [4.78, 5) is 36.3. The number of nitriles is 1. The Morgan fingerprint density at radius 3 is 2.57 bits per heavy atom. The maximum absolute atomic E-state index is 13.6. The van der Waals surface area contributed by atoms with E-state index in [1.807, 2.05) is 0 Å². The molecule has 1 N–H and O–H groups in total. The number of quaternary nitrogens is 1. The SMILES string of the molecule is COC(=O)C1=C(C)N(c2cccc(C(F)(F)F)c2)c2n[nH]c(=O)n2[C@@H]1c1ccc(C#N)cc1C[N+]1(C)CCOCC1.O=C[O-]. The van der Waals surface area contributed by atoms with Gasteiger partial charge in [-0.05, 0) is 42.8 Å². The van der Waals surface area contributed by atoms with Gasteiger partial charge in [-0.1, -0.05) is 12.1 Å². The number of nitrogens with one attached hydrogen (secondary N) is 1. The minimum absolute atomic E-state index is 0.00607. The minimum atomic E-state index is -4.61. The number of likely N-dealkylation sites (N-methyl/N-ethyl adjacent to an activating group) is 1. The zero-order valence-corrected chi connectivity index (χ0v) is 24.1. The van der Waals surface area contributed by atoms with Crippen LogP contribution in [0.2, 0.25) is 0 Å². The monoisotopic (exact) mass is 614 g/mol. The van der Waals surface area contributed by atoms with Crippen LogP contribution in [0.1, 0.15) is 35.2 Å². The van der Waals surface area contributed by atoms with Crippen LogP contribution < -0.4 is 15.7 Å². The van der Waals surface area contributed by atoms with Crippen molar-refractivity contribution in [3.8, 4) is 6.07 Å². The number of carboxylic acid groups (broad SMARTS) is 1. The van der Waals surface area contributed by atoms with E-state index in [1.165, 1.54) is 28.7 Å². The third-order valence-electron chi connectivity index (χ3n) is 7.65. The summed E-state index contributed by atoms with van der Waals surface area (Å²) < 4.78 is 53.3. The fourth-order valence-corrected chi connectivity index (χ4v) is 5.51. The zero-order valence-electron chi connectivity index (χ0n) is 24.1. The van der Waals surface area contributed by atoms with Crippen molar-refractivity contribution in [2.45, 2.75) is 25.7 Å². The van der Waals surface area contributed by atoms with Gasteiger partial charge in [-0.15, -0.1) is 5.10 Å². The van der Waals surface area contributed by atoms with Gasteiger partial charge < -0.3 is 23.9 Å². The second-order valence-corrected chi connectivity index (χ2v) is 10.4. The lowest BCUT2D eigenvalue weighted by Gasteiger charge is -2.39. The summed E-state index contributed by atoms with van der Waals surface area (Å²) in [5.41, 5.74) is 0.506. The van der Waals surface area contributed by atoms with Gasteiger partial charge in [0.05, 0.1) is 50.1 Å². The molecule has 1 fully saturated rings. The van der Waals surface area contributed by atoms with E-state index in [2.05, 4.69) is 23.3 Å². The molecule has 0 amide bonds. The second-order valence-electron chi connectivity index (χ2n) is 10.4. The first-order valence-corrected chi connectivity index (χ1v) is 13.3. The number of carbonyl (C=O) groups excluding carboxylic acids is 2. The molecular formula is C29H29F3N6O6. The first-order valence-electron chi connectivity index (χ1n) is 13.3. The Labute approximate surface area is 249 Å². The average molecular weight is 615 g/mol. The standard InChI is InChI=1S/C28H27F3N6O4.CH2O2/c1-17-23(25(38)40-3)24(22-8-7-18(15-32)13-19(22)16-37(2)9-11-41-12-10-37)36-26(33-34-27(36)39)35(17)21-6-4-5-20(14-21)28(29,30)31;2-1-3/h4-8,13-14,24H,9-12,16H2,1-3H3;1H,(H,2,3)/t24-;/m1./s1. The highest BCUT2D eigenvalue weighted by molar-refractivity contribution is 5.93. The first-order chi connectivity index (χ1) is 20.9. The number of alkyl halides is 3. The van der Waals surface area contributed by atoms with Gasteiger partial charge in [0, 0.05) is 23.4 Å². The van der Waals surface area contributed by atoms with Gasteiger partial charge in [-0.2, -0.15) is 18.4 Å². The maximum atomic E-state index is 13.6. The number of benzene rings is 2. The molecule has 3 heterocycles. The van der Waals surface area contributed by atoms with E-state index in [4.69, 9.17) is 19.4 Å². The van der Waals surface area contributed by atoms with Crippen molar-refractivity contribution < 1.29 is 41.8 Å². The zero-order chi connectivity index (χ0) is 32.2. The molecule has 0 bridgehead atoms. The number of hydrogen-bond donors (Lipinski definition) is 1. The molecule has 0 radical (unpaired) electrons. The molecule has 2 aromatic carbocycles. The van der Waals surface area contributed by atoms with E-state index in [1.54, 1.807) is 25.1 Å². The van der Waals surface area contributed by atoms with Crippen LogP contribution in [0.3, 0.4) is 0 Å². The summed E-state index contributed by atoms with van der Waals surface area (Å²) in [6.07, 6.45) is -4.61. The van der Waals surface area contributed by atoms with Gasteiger partial charge in [-0.3, -0.25) is 4.90 Å². The Bertz CT molecular complexity index is 1680. The third-order valence-corrected chi connectivity index (χ3v) is 7.65. The highest BCUT2D eigenvalue weighted by Crippen LogP contribution is 2.44. The fourth-order valence-electron chi connectivity index (χ4n) is 5.51. The van der Waals surface area contributed by atoms with Gasteiger partial charge in [0.15, 0.2) is 0 Å². The molecule has 1 atom stereocenters. The molecule has 232 valence electrons. The van der Waals surface area contributed by atoms with Crippen molar-refractivity contribution in [3.05, 3.63) is 86.5 Å². The fraction of sp³-hybridized carbons (Fsp3) is 0.345. The maximum Gasteiger partial charge on any atom is 0.416 e. The normalized spacial score (nSPS) is 17.6. The number of allylic oxidation sites excluding steroid dienone is 1. The summed E-state index contributed by atoms with van der Waals surface area (Å²) in [7, 11) is 3.26. The van der Waals surface area contributed by atoms with Crippen LogP contribution in [0.25, 0.3) is 0 Å². The van der Waals surface area contributed by atoms with Crippen molar-refractivity contribution in [1.29, 1.82) is 5.26 Å². The third kappa shape index (κ3) is 6.21. The number of H-pyrrole nitrogens is 1. The van der Waals surface area contributed by atoms with Crippen molar-refractivity contribution in [1.82, 2.24) is 14.8 Å². The summed E-state index contributed by atoms with van der Waals surface area (Å²) in [5.74, 6) is -0.753. The van der Waals surface area contributed by atoms with Crippen LogP contribution in [0.15, 0.2) is 58.5 Å². The number of aromatic amines is 1. The summed E-state index contributed by atoms with van der Waals surface area (Å²) in [6.45, 7) is 4.13. The van der Waals surface area contributed by atoms with Crippen LogP contribution in [0.5, 0.6) is 0 Å². The van der Waals surface area contributed by atoms with Crippen LogP contribution in [0, 0.1) is 11.3 Å².